The fraction of sp³-hybridized carbons (Fsp3) is 0.647. The highest BCUT2D eigenvalue weighted by Gasteiger charge is 2.21. The number of benzene rings is 1. The van der Waals surface area contributed by atoms with Crippen LogP contribution < -0.4 is 15.5 Å². The SMILES string of the molecule is CC1CCCCN1c1ccc(N2CCCCC2)cc1N. The first-order chi connectivity index (χ1) is 9.75. The molecule has 2 saturated heterocycles. The van der Waals surface area contributed by atoms with Crippen molar-refractivity contribution in [2.75, 3.05) is 35.2 Å². The number of rotatable bonds is 2. The van der Waals surface area contributed by atoms with E-state index in [0.717, 1.165) is 12.2 Å². The van der Waals surface area contributed by atoms with Gasteiger partial charge in [-0.1, -0.05) is 0 Å². The molecule has 2 fully saturated rings. The minimum Gasteiger partial charge on any atom is -0.397 e. The first-order valence-electron chi connectivity index (χ1n) is 8.17. The van der Waals surface area contributed by atoms with Crippen LogP contribution in [0.4, 0.5) is 17.1 Å². The standard InChI is InChI=1S/C17H27N3/c1-14-7-3-6-12-20(14)17-9-8-15(13-16(17)18)19-10-4-2-5-11-19/h8-9,13-14H,2-7,10-12,18H2,1H3. The van der Waals surface area contributed by atoms with Crippen molar-refractivity contribution in [1.29, 1.82) is 0 Å². The third-order valence-corrected chi connectivity index (χ3v) is 4.84. The van der Waals surface area contributed by atoms with Gasteiger partial charge < -0.3 is 15.5 Å². The number of nitrogens with two attached hydrogens (primary N) is 1. The fourth-order valence-electron chi connectivity index (χ4n) is 3.61. The van der Waals surface area contributed by atoms with E-state index in [4.69, 9.17) is 5.73 Å². The van der Waals surface area contributed by atoms with Gasteiger partial charge in [-0.3, -0.25) is 0 Å². The summed E-state index contributed by atoms with van der Waals surface area (Å²) in [5, 5.41) is 0. The Morgan fingerprint density at radius 2 is 1.75 bits per heavy atom. The van der Waals surface area contributed by atoms with Crippen molar-refractivity contribution in [1.82, 2.24) is 0 Å². The molecule has 2 N–H and O–H groups in total. The van der Waals surface area contributed by atoms with Crippen molar-refractivity contribution in [3.8, 4) is 0 Å². The molecular formula is C17H27N3. The van der Waals surface area contributed by atoms with E-state index in [0.29, 0.717) is 6.04 Å². The Balaban J connectivity index is 1.79. The molecule has 110 valence electrons. The van der Waals surface area contributed by atoms with Gasteiger partial charge in [0.05, 0.1) is 11.4 Å². The summed E-state index contributed by atoms with van der Waals surface area (Å²) in [6.45, 7) is 5.82. The molecule has 1 atom stereocenters. The topological polar surface area (TPSA) is 32.5 Å². The van der Waals surface area contributed by atoms with Crippen LogP contribution in [0.5, 0.6) is 0 Å². The highest BCUT2D eigenvalue weighted by atomic mass is 15.2. The molecule has 0 spiro atoms. The van der Waals surface area contributed by atoms with Gasteiger partial charge in [-0.2, -0.15) is 0 Å². The van der Waals surface area contributed by atoms with Crippen LogP contribution in [0.1, 0.15) is 45.4 Å². The van der Waals surface area contributed by atoms with Crippen molar-refractivity contribution >= 4 is 17.1 Å². The summed E-state index contributed by atoms with van der Waals surface area (Å²) >= 11 is 0. The van der Waals surface area contributed by atoms with Crippen LogP contribution >= 0.6 is 0 Å². The quantitative estimate of drug-likeness (QED) is 0.835. The predicted molar refractivity (Wildman–Crippen MR) is 87.6 cm³/mol. The number of nitrogens with zero attached hydrogens (tertiary/aromatic N) is 2. The molecule has 3 nitrogen and oxygen atoms in total. The summed E-state index contributed by atoms with van der Waals surface area (Å²) in [5.41, 5.74) is 9.83. The summed E-state index contributed by atoms with van der Waals surface area (Å²) in [6.07, 6.45) is 7.92. The van der Waals surface area contributed by atoms with Crippen molar-refractivity contribution < 1.29 is 0 Å². The second kappa shape index (κ2) is 5.94. The molecule has 2 aliphatic heterocycles. The highest BCUT2D eigenvalue weighted by molar-refractivity contribution is 5.73. The molecule has 2 heterocycles. The summed E-state index contributed by atoms with van der Waals surface area (Å²) < 4.78 is 0. The Morgan fingerprint density at radius 1 is 1.00 bits per heavy atom. The maximum Gasteiger partial charge on any atom is 0.0603 e. The molecule has 1 aromatic rings. The molecule has 1 aromatic carbocycles. The summed E-state index contributed by atoms with van der Waals surface area (Å²) in [4.78, 5) is 4.96. The van der Waals surface area contributed by atoms with Crippen molar-refractivity contribution in [3.63, 3.8) is 0 Å². The molecule has 0 radical (unpaired) electrons. The Bertz CT molecular complexity index is 452. The Morgan fingerprint density at radius 3 is 2.45 bits per heavy atom. The Kier molecular flexibility index (Phi) is 4.04. The van der Waals surface area contributed by atoms with Gasteiger partial charge in [-0.05, 0) is 63.6 Å². The second-order valence-corrected chi connectivity index (χ2v) is 6.33. The maximum absolute atomic E-state index is 6.35. The van der Waals surface area contributed by atoms with E-state index in [-0.39, 0.29) is 0 Å². The maximum atomic E-state index is 6.35. The van der Waals surface area contributed by atoms with Crippen LogP contribution in [0.25, 0.3) is 0 Å². The van der Waals surface area contributed by atoms with E-state index >= 15 is 0 Å². The van der Waals surface area contributed by atoms with Crippen LogP contribution in [0.2, 0.25) is 0 Å². The first-order valence-corrected chi connectivity index (χ1v) is 8.17. The van der Waals surface area contributed by atoms with Gasteiger partial charge in [0.15, 0.2) is 0 Å². The molecule has 0 aliphatic carbocycles. The first kappa shape index (κ1) is 13.6. The van der Waals surface area contributed by atoms with E-state index in [1.54, 1.807) is 0 Å². The number of anilines is 3. The highest BCUT2D eigenvalue weighted by Crippen LogP contribution is 2.33. The fourth-order valence-corrected chi connectivity index (χ4v) is 3.61. The van der Waals surface area contributed by atoms with Crippen molar-refractivity contribution in [2.24, 2.45) is 0 Å². The minimum atomic E-state index is 0.617. The molecule has 20 heavy (non-hydrogen) atoms. The third kappa shape index (κ3) is 2.72. The molecule has 0 bridgehead atoms. The Hall–Kier alpha value is -1.38. The number of hydrogen-bond donors (Lipinski definition) is 1. The Labute approximate surface area is 122 Å². The number of piperidine rings is 2. The molecule has 3 rings (SSSR count). The van der Waals surface area contributed by atoms with E-state index in [2.05, 4.69) is 34.9 Å². The van der Waals surface area contributed by atoms with Gasteiger partial charge in [0.25, 0.3) is 0 Å². The smallest absolute Gasteiger partial charge is 0.0603 e. The third-order valence-electron chi connectivity index (χ3n) is 4.84. The molecule has 0 amide bonds. The zero-order valence-electron chi connectivity index (χ0n) is 12.6. The summed E-state index contributed by atoms with van der Waals surface area (Å²) in [5.74, 6) is 0. The molecule has 3 heteroatoms. The lowest BCUT2D eigenvalue weighted by atomic mass is 10.0. The lowest BCUT2D eigenvalue weighted by Crippen LogP contribution is -2.38. The molecule has 2 aliphatic rings. The zero-order valence-corrected chi connectivity index (χ0v) is 12.6. The monoisotopic (exact) mass is 273 g/mol. The molecular weight excluding hydrogens is 246 g/mol. The lowest BCUT2D eigenvalue weighted by molar-refractivity contribution is 0.485. The van der Waals surface area contributed by atoms with Gasteiger partial charge in [-0.15, -0.1) is 0 Å². The normalized spacial score (nSPS) is 23.9. The predicted octanol–water partition coefficient (Wildman–Crippen LogP) is 3.64. The van der Waals surface area contributed by atoms with E-state index in [1.165, 1.54) is 63.0 Å². The summed E-state index contributed by atoms with van der Waals surface area (Å²) in [6, 6.07) is 7.30. The molecule has 1 unspecified atom stereocenters. The largest absolute Gasteiger partial charge is 0.397 e. The van der Waals surface area contributed by atoms with E-state index in [1.807, 2.05) is 0 Å². The molecule has 0 aromatic heterocycles. The van der Waals surface area contributed by atoms with Crippen LogP contribution in [-0.4, -0.2) is 25.7 Å². The van der Waals surface area contributed by atoms with Gasteiger partial charge in [0.2, 0.25) is 0 Å². The van der Waals surface area contributed by atoms with Crippen LogP contribution in [-0.2, 0) is 0 Å². The molecule has 0 saturated carbocycles. The lowest BCUT2D eigenvalue weighted by Gasteiger charge is -2.37. The van der Waals surface area contributed by atoms with Gasteiger partial charge in [0.1, 0.15) is 0 Å². The summed E-state index contributed by atoms with van der Waals surface area (Å²) in [7, 11) is 0. The average molecular weight is 273 g/mol. The number of nitrogen functional groups attached to an aromatic ring is 1. The van der Waals surface area contributed by atoms with Crippen LogP contribution in [0.3, 0.4) is 0 Å². The van der Waals surface area contributed by atoms with Crippen molar-refractivity contribution in [3.05, 3.63) is 18.2 Å². The minimum absolute atomic E-state index is 0.617. The number of hydrogen-bond acceptors (Lipinski definition) is 3. The van der Waals surface area contributed by atoms with Gasteiger partial charge in [0, 0.05) is 31.4 Å². The van der Waals surface area contributed by atoms with Crippen molar-refractivity contribution in [2.45, 2.75) is 51.5 Å². The van der Waals surface area contributed by atoms with Crippen LogP contribution in [0.15, 0.2) is 18.2 Å². The van der Waals surface area contributed by atoms with Gasteiger partial charge >= 0.3 is 0 Å². The zero-order chi connectivity index (χ0) is 13.9. The average Bonchev–Trinajstić information content (AvgIpc) is 2.49. The van der Waals surface area contributed by atoms with E-state index < -0.39 is 0 Å². The van der Waals surface area contributed by atoms with Gasteiger partial charge in [-0.25, -0.2) is 0 Å². The van der Waals surface area contributed by atoms with E-state index in [9.17, 15) is 0 Å². The van der Waals surface area contributed by atoms with Crippen LogP contribution in [0, 0.1) is 0 Å². The second-order valence-electron chi connectivity index (χ2n) is 6.33.